The lowest BCUT2D eigenvalue weighted by molar-refractivity contribution is 0.0992. The highest BCUT2D eigenvalue weighted by molar-refractivity contribution is 7.16. The summed E-state index contributed by atoms with van der Waals surface area (Å²) in [6.07, 6.45) is 1.63. The van der Waals surface area contributed by atoms with Gasteiger partial charge in [0, 0.05) is 6.54 Å². The van der Waals surface area contributed by atoms with Crippen LogP contribution in [0.25, 0.3) is 10.2 Å². The van der Waals surface area contributed by atoms with E-state index in [4.69, 9.17) is 9.47 Å². The smallest absolute Gasteiger partial charge is 0.287 e. The van der Waals surface area contributed by atoms with Gasteiger partial charge in [-0.2, -0.15) is 4.99 Å². The lowest BCUT2D eigenvalue weighted by Gasteiger charge is -2.09. The number of hydrogen-bond acceptors (Lipinski definition) is 4. The largest absolute Gasteiger partial charge is 0.496 e. The van der Waals surface area contributed by atoms with E-state index in [2.05, 4.69) is 11.6 Å². The molecule has 0 saturated heterocycles. The summed E-state index contributed by atoms with van der Waals surface area (Å²) < 4.78 is 27.1. The van der Waals surface area contributed by atoms with E-state index in [1.54, 1.807) is 41.0 Å². The van der Waals surface area contributed by atoms with Gasteiger partial charge in [-0.3, -0.25) is 4.79 Å². The normalized spacial score (nSPS) is 11.6. The quantitative estimate of drug-likeness (QED) is 0.641. The van der Waals surface area contributed by atoms with Crippen LogP contribution in [-0.2, 0) is 6.54 Å². The first-order valence-corrected chi connectivity index (χ1v) is 8.61. The molecule has 0 spiro atoms. The molecule has 1 amide bonds. The van der Waals surface area contributed by atoms with Gasteiger partial charge in [-0.15, -0.1) is 6.58 Å². The molecule has 0 aliphatic rings. The lowest BCUT2D eigenvalue weighted by atomic mass is 10.1. The first-order chi connectivity index (χ1) is 12.6. The summed E-state index contributed by atoms with van der Waals surface area (Å²) in [4.78, 5) is 17.4. The van der Waals surface area contributed by atoms with E-state index in [0.717, 1.165) is 0 Å². The molecule has 26 heavy (non-hydrogen) atoms. The first kappa shape index (κ1) is 17.9. The van der Waals surface area contributed by atoms with Crippen molar-refractivity contribution < 1.29 is 18.7 Å². The fourth-order valence-electron chi connectivity index (χ4n) is 2.68. The molecule has 134 valence electrons. The molecular weight excluding hydrogens is 355 g/mol. The Hall–Kier alpha value is -2.93. The Bertz CT molecular complexity index is 1030. The second kappa shape index (κ2) is 7.53. The summed E-state index contributed by atoms with van der Waals surface area (Å²) in [5.41, 5.74) is 0.622. The van der Waals surface area contributed by atoms with E-state index in [1.165, 1.54) is 31.6 Å². The van der Waals surface area contributed by atoms with Crippen molar-refractivity contribution in [3.05, 3.63) is 65.2 Å². The molecule has 5 nitrogen and oxygen atoms in total. The first-order valence-electron chi connectivity index (χ1n) is 7.79. The zero-order chi connectivity index (χ0) is 18.7. The molecule has 7 heteroatoms. The van der Waals surface area contributed by atoms with E-state index in [1.807, 2.05) is 0 Å². The molecule has 0 saturated carbocycles. The van der Waals surface area contributed by atoms with Crippen molar-refractivity contribution in [1.29, 1.82) is 0 Å². The summed E-state index contributed by atoms with van der Waals surface area (Å²) in [6, 6.07) is 9.84. The molecule has 0 N–H and O–H groups in total. The number of ether oxygens (including phenoxy) is 2. The number of methoxy groups -OCH3 is 2. The standard InChI is InChI=1S/C19H17FN2O3S/c1-4-11-22-17-12(20)7-5-10-15(17)26-19(22)21-18(23)16-13(24-2)8-6-9-14(16)25-3/h4-10H,1,11H2,2-3H3. The molecule has 0 unspecified atom stereocenters. The molecule has 2 aromatic carbocycles. The number of carbonyl (C=O) groups excluding carboxylic acids is 1. The van der Waals surface area contributed by atoms with Crippen molar-refractivity contribution in [2.75, 3.05) is 14.2 Å². The number of para-hydroxylation sites is 1. The Morgan fingerprint density at radius 3 is 2.50 bits per heavy atom. The summed E-state index contributed by atoms with van der Waals surface area (Å²) >= 11 is 1.23. The van der Waals surface area contributed by atoms with Crippen LogP contribution in [0.1, 0.15) is 10.4 Å². The van der Waals surface area contributed by atoms with Crippen LogP contribution >= 0.6 is 11.3 Å². The van der Waals surface area contributed by atoms with Crippen LogP contribution < -0.4 is 14.3 Å². The van der Waals surface area contributed by atoms with Crippen LogP contribution in [0.2, 0.25) is 0 Å². The van der Waals surface area contributed by atoms with Crippen molar-refractivity contribution in [1.82, 2.24) is 4.57 Å². The van der Waals surface area contributed by atoms with Gasteiger partial charge in [-0.25, -0.2) is 4.39 Å². The molecule has 0 aliphatic carbocycles. The van der Waals surface area contributed by atoms with Crippen LogP contribution in [0.5, 0.6) is 11.5 Å². The van der Waals surface area contributed by atoms with Crippen LogP contribution in [0.15, 0.2) is 54.0 Å². The van der Waals surface area contributed by atoms with Crippen molar-refractivity contribution >= 4 is 27.5 Å². The molecule has 0 aliphatic heterocycles. The Balaban J connectivity index is 2.23. The Labute approximate surface area is 153 Å². The average Bonchev–Trinajstić information content (AvgIpc) is 2.99. The third kappa shape index (κ3) is 3.13. The van der Waals surface area contributed by atoms with Crippen LogP contribution in [0, 0.1) is 5.82 Å². The number of halogens is 1. The molecule has 1 heterocycles. The zero-order valence-electron chi connectivity index (χ0n) is 14.4. The van der Waals surface area contributed by atoms with E-state index in [0.29, 0.717) is 33.1 Å². The highest BCUT2D eigenvalue weighted by Crippen LogP contribution is 2.29. The van der Waals surface area contributed by atoms with E-state index in [-0.39, 0.29) is 11.4 Å². The maximum absolute atomic E-state index is 14.3. The summed E-state index contributed by atoms with van der Waals surface area (Å²) in [6.45, 7) is 4.03. The van der Waals surface area contributed by atoms with Crippen LogP contribution in [0.4, 0.5) is 4.39 Å². The number of thiazole rings is 1. The minimum absolute atomic E-state index is 0.223. The monoisotopic (exact) mass is 372 g/mol. The maximum Gasteiger partial charge on any atom is 0.287 e. The average molecular weight is 372 g/mol. The maximum atomic E-state index is 14.3. The van der Waals surface area contributed by atoms with Gasteiger partial charge in [-0.1, -0.05) is 29.5 Å². The Kier molecular flexibility index (Phi) is 5.18. The highest BCUT2D eigenvalue weighted by atomic mass is 32.1. The van der Waals surface area contributed by atoms with E-state index < -0.39 is 5.91 Å². The topological polar surface area (TPSA) is 52.8 Å². The minimum atomic E-state index is -0.524. The lowest BCUT2D eigenvalue weighted by Crippen LogP contribution is -2.17. The molecule has 0 bridgehead atoms. The number of allylic oxidation sites excluding steroid dienone is 1. The zero-order valence-corrected chi connectivity index (χ0v) is 15.2. The van der Waals surface area contributed by atoms with Crippen LogP contribution in [-0.4, -0.2) is 24.7 Å². The van der Waals surface area contributed by atoms with Gasteiger partial charge < -0.3 is 14.0 Å². The van der Waals surface area contributed by atoms with Gasteiger partial charge in [0.2, 0.25) is 0 Å². The molecular formula is C19H17FN2O3S. The number of carbonyl (C=O) groups is 1. The number of fused-ring (bicyclic) bond motifs is 1. The van der Waals surface area contributed by atoms with Crippen molar-refractivity contribution in [2.24, 2.45) is 4.99 Å². The number of aromatic nitrogens is 1. The fourth-order valence-corrected chi connectivity index (χ4v) is 3.73. The molecule has 0 radical (unpaired) electrons. The van der Waals surface area contributed by atoms with Gasteiger partial charge in [-0.05, 0) is 24.3 Å². The van der Waals surface area contributed by atoms with Crippen molar-refractivity contribution in [2.45, 2.75) is 6.54 Å². The van der Waals surface area contributed by atoms with Gasteiger partial charge in [0.1, 0.15) is 22.9 Å². The van der Waals surface area contributed by atoms with Gasteiger partial charge in [0.15, 0.2) is 4.80 Å². The molecule has 0 atom stereocenters. The summed E-state index contributed by atoms with van der Waals surface area (Å²) in [5.74, 6) is -0.172. The van der Waals surface area contributed by atoms with Gasteiger partial charge in [0.25, 0.3) is 5.91 Å². The molecule has 1 aromatic heterocycles. The summed E-state index contributed by atoms with van der Waals surface area (Å²) in [7, 11) is 2.94. The minimum Gasteiger partial charge on any atom is -0.496 e. The van der Waals surface area contributed by atoms with Crippen LogP contribution in [0.3, 0.4) is 0 Å². The van der Waals surface area contributed by atoms with Crippen molar-refractivity contribution in [3.63, 3.8) is 0 Å². The number of hydrogen-bond donors (Lipinski definition) is 0. The molecule has 0 fully saturated rings. The number of amides is 1. The Morgan fingerprint density at radius 1 is 1.23 bits per heavy atom. The third-order valence-electron chi connectivity index (χ3n) is 3.80. The predicted molar refractivity (Wildman–Crippen MR) is 99.4 cm³/mol. The van der Waals surface area contributed by atoms with E-state index >= 15 is 0 Å². The number of rotatable bonds is 5. The third-order valence-corrected chi connectivity index (χ3v) is 4.85. The fraction of sp³-hybridized carbons (Fsp3) is 0.158. The predicted octanol–water partition coefficient (Wildman–Crippen LogP) is 3.79. The Morgan fingerprint density at radius 2 is 1.88 bits per heavy atom. The molecule has 3 rings (SSSR count). The highest BCUT2D eigenvalue weighted by Gasteiger charge is 2.19. The molecule has 3 aromatic rings. The number of benzene rings is 2. The second-order valence-corrected chi connectivity index (χ2v) is 6.33. The second-order valence-electron chi connectivity index (χ2n) is 5.32. The van der Waals surface area contributed by atoms with Crippen molar-refractivity contribution in [3.8, 4) is 11.5 Å². The van der Waals surface area contributed by atoms with Gasteiger partial charge in [0.05, 0.1) is 24.4 Å². The SMILES string of the molecule is C=CCn1c(=NC(=O)c2c(OC)cccc2OC)sc2cccc(F)c21. The summed E-state index contributed by atoms with van der Waals surface area (Å²) in [5, 5.41) is 0. The number of nitrogens with zero attached hydrogens (tertiary/aromatic N) is 2. The van der Waals surface area contributed by atoms with Gasteiger partial charge >= 0.3 is 0 Å². The van der Waals surface area contributed by atoms with E-state index in [9.17, 15) is 9.18 Å².